The Morgan fingerprint density at radius 2 is 2.25 bits per heavy atom. The predicted octanol–water partition coefficient (Wildman–Crippen LogP) is 2.21. The summed E-state index contributed by atoms with van der Waals surface area (Å²) in [6.45, 7) is 0.673. The number of anilines is 2. The molecule has 7 heteroatoms. The lowest BCUT2D eigenvalue weighted by atomic mass is 9.90. The van der Waals surface area contributed by atoms with Gasteiger partial charge in [0.05, 0.1) is 28.4 Å². The fourth-order valence-electron chi connectivity index (χ4n) is 3.67. The third kappa shape index (κ3) is 2.37. The zero-order valence-electron chi connectivity index (χ0n) is 13.1. The molecule has 4 N–H and O–H groups in total. The number of fused-ring (bicyclic) bond motifs is 2. The largest absolute Gasteiger partial charge is 0.393 e. The van der Waals surface area contributed by atoms with E-state index in [4.69, 9.17) is 17.3 Å². The molecule has 6 nitrogen and oxygen atoms in total. The lowest BCUT2D eigenvalue weighted by Gasteiger charge is -2.26. The van der Waals surface area contributed by atoms with Crippen molar-refractivity contribution in [1.82, 2.24) is 9.78 Å². The minimum absolute atomic E-state index is 0.138. The molecular formula is C17H19ClN4O2. The number of benzene rings is 1. The van der Waals surface area contributed by atoms with Crippen molar-refractivity contribution in [3.05, 3.63) is 40.0 Å². The van der Waals surface area contributed by atoms with Crippen molar-refractivity contribution in [3.8, 4) is 0 Å². The highest BCUT2D eigenvalue weighted by molar-refractivity contribution is 6.33. The highest BCUT2D eigenvalue weighted by Gasteiger charge is 2.32. The Kier molecular flexibility index (Phi) is 3.73. The van der Waals surface area contributed by atoms with Gasteiger partial charge in [0.15, 0.2) is 0 Å². The summed E-state index contributed by atoms with van der Waals surface area (Å²) in [5.41, 5.74) is 9.51. The third-order valence-electron chi connectivity index (χ3n) is 4.93. The molecule has 2 aromatic rings. The van der Waals surface area contributed by atoms with Crippen LogP contribution in [-0.2, 0) is 12.8 Å². The Bertz CT molecular complexity index is 817. The zero-order chi connectivity index (χ0) is 16.8. The van der Waals surface area contributed by atoms with Crippen LogP contribution >= 0.6 is 11.6 Å². The number of aliphatic hydroxyl groups excluding tert-OH is 1. The second-order valence-corrected chi connectivity index (χ2v) is 6.84. The number of nitrogens with zero attached hydrogens (tertiary/aromatic N) is 2. The van der Waals surface area contributed by atoms with E-state index in [0.29, 0.717) is 43.1 Å². The summed E-state index contributed by atoms with van der Waals surface area (Å²) >= 11 is 6.24. The van der Waals surface area contributed by atoms with Gasteiger partial charge in [-0.3, -0.25) is 4.79 Å². The van der Waals surface area contributed by atoms with Gasteiger partial charge in [-0.2, -0.15) is 9.78 Å². The molecule has 0 saturated carbocycles. The first-order chi connectivity index (χ1) is 11.6. The molecule has 1 aromatic heterocycles. The Hall–Kier alpha value is -2.05. The molecule has 126 valence electrons. The number of aromatic nitrogens is 2. The molecule has 1 aliphatic heterocycles. The Labute approximate surface area is 144 Å². The van der Waals surface area contributed by atoms with Crippen LogP contribution in [0.25, 0.3) is 0 Å². The van der Waals surface area contributed by atoms with Gasteiger partial charge in [-0.15, -0.1) is 0 Å². The van der Waals surface area contributed by atoms with Gasteiger partial charge in [0.2, 0.25) is 0 Å². The smallest absolute Gasteiger partial charge is 0.256 e. The summed E-state index contributed by atoms with van der Waals surface area (Å²) in [6.07, 6.45) is 2.02. The molecule has 0 fully saturated rings. The maximum absolute atomic E-state index is 13.1. The third-order valence-corrected chi connectivity index (χ3v) is 5.24. The van der Waals surface area contributed by atoms with Crippen molar-refractivity contribution in [2.75, 3.05) is 17.6 Å². The highest BCUT2D eigenvalue weighted by Crippen LogP contribution is 2.38. The maximum atomic E-state index is 13.1. The van der Waals surface area contributed by atoms with E-state index in [1.54, 1.807) is 0 Å². The summed E-state index contributed by atoms with van der Waals surface area (Å²) in [6, 6.07) is 5.57. The van der Waals surface area contributed by atoms with Crippen LogP contribution in [-0.4, -0.2) is 33.4 Å². The average Bonchev–Trinajstić information content (AvgIpc) is 2.90. The fourth-order valence-corrected chi connectivity index (χ4v) is 3.92. The molecule has 0 bridgehead atoms. The number of nitrogens with one attached hydrogen (secondary N) is 1. The summed E-state index contributed by atoms with van der Waals surface area (Å²) in [4.78, 5) is 13.1. The number of halogens is 1. The van der Waals surface area contributed by atoms with Crippen molar-refractivity contribution in [1.29, 1.82) is 0 Å². The number of carbonyl (C=O) groups excluding carboxylic acids is 1. The summed E-state index contributed by atoms with van der Waals surface area (Å²) in [5.74, 6) is -0.0565. The Balaban J connectivity index is 1.73. The molecule has 4 rings (SSSR count). The van der Waals surface area contributed by atoms with Crippen LogP contribution in [0.4, 0.5) is 11.5 Å². The van der Waals surface area contributed by atoms with Gasteiger partial charge in [-0.1, -0.05) is 23.7 Å². The van der Waals surface area contributed by atoms with Crippen LogP contribution < -0.4 is 11.1 Å². The normalized spacial score (nSPS) is 22.4. The van der Waals surface area contributed by atoms with Gasteiger partial charge in [0.1, 0.15) is 5.82 Å². The van der Waals surface area contributed by atoms with E-state index in [9.17, 15) is 9.90 Å². The molecular weight excluding hydrogens is 328 g/mol. The SMILES string of the molecule is Nc1c2c(nn1C(=O)[C@@H]1CCNc3c(Cl)cccc31)C[C@@H](O)CC2. The Morgan fingerprint density at radius 1 is 1.42 bits per heavy atom. The standard InChI is InChI=1S/C17H19ClN4O2/c18-13-3-1-2-10-11(6-7-20-15(10)13)17(24)22-16(19)12-5-4-9(23)8-14(12)21-22/h1-3,9,11,20,23H,4-8,19H2/t9-,11+/m0/s1. The molecule has 2 aliphatic rings. The molecule has 0 radical (unpaired) electrons. The summed E-state index contributed by atoms with van der Waals surface area (Å²) in [7, 11) is 0. The van der Waals surface area contributed by atoms with Gasteiger partial charge in [0.25, 0.3) is 5.91 Å². The van der Waals surface area contributed by atoms with Crippen LogP contribution in [0.2, 0.25) is 5.02 Å². The molecule has 24 heavy (non-hydrogen) atoms. The van der Waals surface area contributed by atoms with Crippen LogP contribution in [0, 0.1) is 0 Å². The van der Waals surface area contributed by atoms with Gasteiger partial charge in [0, 0.05) is 18.5 Å². The molecule has 0 amide bonds. The average molecular weight is 347 g/mol. The summed E-state index contributed by atoms with van der Waals surface area (Å²) < 4.78 is 1.32. The van der Waals surface area contributed by atoms with E-state index < -0.39 is 6.10 Å². The molecule has 0 unspecified atom stereocenters. The number of carbonyl (C=O) groups is 1. The number of nitrogens with two attached hydrogens (primary N) is 1. The molecule has 1 aromatic carbocycles. The van der Waals surface area contributed by atoms with Crippen molar-refractivity contribution in [3.63, 3.8) is 0 Å². The van der Waals surface area contributed by atoms with E-state index in [2.05, 4.69) is 10.4 Å². The minimum atomic E-state index is -0.409. The van der Waals surface area contributed by atoms with Crippen LogP contribution in [0.3, 0.4) is 0 Å². The van der Waals surface area contributed by atoms with E-state index in [1.807, 2.05) is 18.2 Å². The first kappa shape index (κ1) is 15.5. The van der Waals surface area contributed by atoms with Gasteiger partial charge in [-0.25, -0.2) is 0 Å². The number of aliphatic hydroxyl groups is 1. The quantitative estimate of drug-likeness (QED) is 0.736. The Morgan fingerprint density at radius 3 is 3.08 bits per heavy atom. The number of rotatable bonds is 1. The number of nitrogen functional groups attached to an aromatic ring is 1. The second-order valence-electron chi connectivity index (χ2n) is 6.43. The van der Waals surface area contributed by atoms with Crippen molar-refractivity contribution < 1.29 is 9.90 Å². The maximum Gasteiger partial charge on any atom is 0.256 e. The minimum Gasteiger partial charge on any atom is -0.393 e. The van der Waals surface area contributed by atoms with E-state index in [0.717, 1.165) is 22.5 Å². The second kappa shape index (κ2) is 5.79. The molecule has 2 atom stereocenters. The van der Waals surface area contributed by atoms with Gasteiger partial charge >= 0.3 is 0 Å². The van der Waals surface area contributed by atoms with Crippen LogP contribution in [0.1, 0.15) is 40.4 Å². The predicted molar refractivity (Wildman–Crippen MR) is 92.6 cm³/mol. The topological polar surface area (TPSA) is 93.2 Å². The summed E-state index contributed by atoms with van der Waals surface area (Å²) in [5, 5.41) is 18.1. The molecule has 0 spiro atoms. The van der Waals surface area contributed by atoms with Gasteiger partial charge in [-0.05, 0) is 30.9 Å². The number of hydrogen-bond donors (Lipinski definition) is 3. The lowest BCUT2D eigenvalue weighted by Crippen LogP contribution is -2.28. The van der Waals surface area contributed by atoms with Crippen molar-refractivity contribution in [2.24, 2.45) is 0 Å². The molecule has 1 aliphatic carbocycles. The fraction of sp³-hybridized carbons (Fsp3) is 0.412. The van der Waals surface area contributed by atoms with Crippen LogP contribution in [0.15, 0.2) is 18.2 Å². The first-order valence-electron chi connectivity index (χ1n) is 8.17. The number of hydrogen-bond acceptors (Lipinski definition) is 5. The van der Waals surface area contributed by atoms with Gasteiger partial charge < -0.3 is 16.2 Å². The first-order valence-corrected chi connectivity index (χ1v) is 8.55. The van der Waals surface area contributed by atoms with Crippen molar-refractivity contribution >= 4 is 29.0 Å². The van der Waals surface area contributed by atoms with E-state index in [1.165, 1.54) is 4.68 Å². The van der Waals surface area contributed by atoms with E-state index >= 15 is 0 Å². The number of para-hydroxylation sites is 1. The lowest BCUT2D eigenvalue weighted by molar-refractivity contribution is 0.0858. The monoisotopic (exact) mass is 346 g/mol. The molecule has 0 saturated heterocycles. The zero-order valence-corrected chi connectivity index (χ0v) is 13.9. The van der Waals surface area contributed by atoms with E-state index in [-0.39, 0.29) is 11.8 Å². The molecule has 2 heterocycles. The van der Waals surface area contributed by atoms with Crippen molar-refractivity contribution in [2.45, 2.75) is 37.7 Å². The van der Waals surface area contributed by atoms with Crippen LogP contribution in [0.5, 0.6) is 0 Å². The highest BCUT2D eigenvalue weighted by atomic mass is 35.5.